The van der Waals surface area contributed by atoms with Gasteiger partial charge < -0.3 is 19.5 Å². The van der Waals surface area contributed by atoms with E-state index in [0.717, 1.165) is 4.90 Å². The molecule has 1 aromatic heterocycles. The maximum absolute atomic E-state index is 13.7. The molecule has 0 unspecified atom stereocenters. The van der Waals surface area contributed by atoms with Crippen LogP contribution in [0.2, 0.25) is 0 Å². The van der Waals surface area contributed by atoms with E-state index in [0.29, 0.717) is 37.4 Å². The van der Waals surface area contributed by atoms with Crippen LogP contribution in [0.1, 0.15) is 40.7 Å². The van der Waals surface area contributed by atoms with Gasteiger partial charge in [0.05, 0.1) is 19.4 Å². The Morgan fingerprint density at radius 3 is 2.52 bits per heavy atom. The van der Waals surface area contributed by atoms with Crippen LogP contribution in [0.3, 0.4) is 0 Å². The van der Waals surface area contributed by atoms with E-state index in [1.54, 1.807) is 38.3 Å². The number of amides is 2. The SMILES string of the molecule is C=CCOC(=O)N(C(=O)c1cc(C(=O)OCC)nn1-c1ccc(OC)cc1)C1CCNCC1. The molecular weight excluding hydrogens is 428 g/mol. The average Bonchev–Trinajstić information content (AvgIpc) is 3.29. The van der Waals surface area contributed by atoms with Crippen molar-refractivity contribution < 1.29 is 28.6 Å². The number of ether oxygens (including phenoxy) is 3. The molecule has 0 atom stereocenters. The first-order valence-electron chi connectivity index (χ1n) is 10.7. The van der Waals surface area contributed by atoms with E-state index in [1.165, 1.54) is 16.8 Å². The molecule has 0 radical (unpaired) electrons. The van der Waals surface area contributed by atoms with Crippen LogP contribution < -0.4 is 10.1 Å². The fourth-order valence-corrected chi connectivity index (χ4v) is 3.54. The molecule has 33 heavy (non-hydrogen) atoms. The number of methoxy groups -OCH3 is 1. The topological polar surface area (TPSA) is 112 Å². The summed E-state index contributed by atoms with van der Waals surface area (Å²) in [5, 5.41) is 7.51. The van der Waals surface area contributed by atoms with Crippen LogP contribution in [0.4, 0.5) is 4.79 Å². The van der Waals surface area contributed by atoms with Gasteiger partial charge in [-0.25, -0.2) is 19.2 Å². The number of benzene rings is 1. The van der Waals surface area contributed by atoms with E-state index in [4.69, 9.17) is 14.2 Å². The Hall–Kier alpha value is -3.66. The average molecular weight is 456 g/mol. The Bertz CT molecular complexity index is 995. The molecule has 176 valence electrons. The van der Waals surface area contributed by atoms with Crippen molar-refractivity contribution in [1.82, 2.24) is 20.0 Å². The summed E-state index contributed by atoms with van der Waals surface area (Å²) < 4.78 is 16.8. The lowest BCUT2D eigenvalue weighted by Gasteiger charge is -2.32. The molecule has 1 aliphatic rings. The second-order valence-corrected chi connectivity index (χ2v) is 7.27. The molecule has 1 saturated heterocycles. The maximum Gasteiger partial charge on any atom is 0.417 e. The molecule has 1 aromatic carbocycles. The lowest BCUT2D eigenvalue weighted by atomic mass is 10.0. The van der Waals surface area contributed by atoms with Crippen molar-refractivity contribution in [3.63, 3.8) is 0 Å². The molecule has 3 rings (SSSR count). The summed E-state index contributed by atoms with van der Waals surface area (Å²) in [4.78, 5) is 40.0. The van der Waals surface area contributed by atoms with Gasteiger partial charge in [0.15, 0.2) is 5.69 Å². The monoisotopic (exact) mass is 456 g/mol. The molecule has 0 bridgehead atoms. The van der Waals surface area contributed by atoms with Gasteiger partial charge in [0.25, 0.3) is 5.91 Å². The molecule has 2 amide bonds. The number of hydrogen-bond acceptors (Lipinski definition) is 8. The molecule has 0 saturated carbocycles. The first-order chi connectivity index (χ1) is 16.0. The van der Waals surface area contributed by atoms with Gasteiger partial charge in [0.1, 0.15) is 18.1 Å². The van der Waals surface area contributed by atoms with Gasteiger partial charge in [-0.15, -0.1) is 0 Å². The standard InChI is InChI=1S/C23H28N4O6/c1-4-14-33-23(30)26(16-10-12-24-13-11-16)21(28)20-15-19(22(29)32-5-2)25-27(20)17-6-8-18(31-3)9-7-17/h4,6-9,15-16,24H,1,5,10-14H2,2-3H3. The smallest absolute Gasteiger partial charge is 0.417 e. The van der Waals surface area contributed by atoms with Crippen LogP contribution in [-0.2, 0) is 9.47 Å². The molecule has 1 N–H and O–H groups in total. The number of hydrogen-bond donors (Lipinski definition) is 1. The fourth-order valence-electron chi connectivity index (χ4n) is 3.54. The Labute approximate surface area is 192 Å². The summed E-state index contributed by atoms with van der Waals surface area (Å²) in [5.41, 5.74) is 0.512. The first-order valence-corrected chi connectivity index (χ1v) is 10.7. The number of carbonyl (C=O) groups is 3. The van der Waals surface area contributed by atoms with Crippen molar-refractivity contribution in [2.24, 2.45) is 0 Å². The first kappa shape index (κ1) is 24.0. The minimum absolute atomic E-state index is 0.0284. The van der Waals surface area contributed by atoms with E-state index in [1.807, 2.05) is 0 Å². The third kappa shape index (κ3) is 5.58. The van der Waals surface area contributed by atoms with Crippen LogP contribution in [0.15, 0.2) is 43.0 Å². The summed E-state index contributed by atoms with van der Waals surface area (Å²) in [6, 6.07) is 7.78. The third-order valence-corrected chi connectivity index (χ3v) is 5.14. The molecule has 2 heterocycles. The van der Waals surface area contributed by atoms with E-state index in [-0.39, 0.29) is 30.6 Å². The maximum atomic E-state index is 13.7. The Morgan fingerprint density at radius 1 is 1.21 bits per heavy atom. The van der Waals surface area contributed by atoms with Crippen LogP contribution >= 0.6 is 0 Å². The normalized spacial score (nSPS) is 13.8. The minimum atomic E-state index is -0.771. The van der Waals surface area contributed by atoms with Gasteiger partial charge in [-0.2, -0.15) is 5.10 Å². The van der Waals surface area contributed by atoms with Crippen molar-refractivity contribution in [1.29, 1.82) is 0 Å². The van der Waals surface area contributed by atoms with Crippen molar-refractivity contribution in [3.05, 3.63) is 54.4 Å². The van der Waals surface area contributed by atoms with E-state index in [9.17, 15) is 14.4 Å². The molecule has 1 aliphatic heterocycles. The highest BCUT2D eigenvalue weighted by molar-refractivity contribution is 6.04. The summed E-state index contributed by atoms with van der Waals surface area (Å²) in [7, 11) is 1.54. The highest BCUT2D eigenvalue weighted by Gasteiger charge is 2.35. The zero-order valence-corrected chi connectivity index (χ0v) is 18.8. The predicted molar refractivity (Wildman–Crippen MR) is 120 cm³/mol. The largest absolute Gasteiger partial charge is 0.497 e. The van der Waals surface area contributed by atoms with E-state index in [2.05, 4.69) is 17.0 Å². The van der Waals surface area contributed by atoms with Crippen LogP contribution in [0.5, 0.6) is 5.75 Å². The lowest BCUT2D eigenvalue weighted by Crippen LogP contribution is -2.49. The summed E-state index contributed by atoms with van der Waals surface area (Å²) >= 11 is 0. The summed E-state index contributed by atoms with van der Waals surface area (Å²) in [6.45, 7) is 6.68. The predicted octanol–water partition coefficient (Wildman–Crippen LogP) is 2.57. The fraction of sp³-hybridized carbons (Fsp3) is 0.391. The zero-order chi connectivity index (χ0) is 23.8. The van der Waals surface area contributed by atoms with Gasteiger partial charge in [0, 0.05) is 12.1 Å². The van der Waals surface area contributed by atoms with Crippen molar-refractivity contribution in [2.75, 3.05) is 33.4 Å². The highest BCUT2D eigenvalue weighted by atomic mass is 16.6. The molecule has 10 nitrogen and oxygen atoms in total. The number of carbonyl (C=O) groups excluding carboxylic acids is 3. The van der Waals surface area contributed by atoms with Gasteiger partial charge in [-0.1, -0.05) is 12.7 Å². The number of nitrogens with zero attached hydrogens (tertiary/aromatic N) is 3. The Morgan fingerprint density at radius 2 is 1.91 bits per heavy atom. The minimum Gasteiger partial charge on any atom is -0.497 e. The van der Waals surface area contributed by atoms with Crippen molar-refractivity contribution >= 4 is 18.0 Å². The number of imide groups is 1. The second kappa shape index (κ2) is 11.3. The number of esters is 1. The van der Waals surface area contributed by atoms with E-state index >= 15 is 0 Å². The summed E-state index contributed by atoms with van der Waals surface area (Å²) in [6.07, 6.45) is 1.82. The quantitative estimate of drug-likeness (QED) is 0.477. The molecule has 0 aliphatic carbocycles. The number of rotatable bonds is 8. The Kier molecular flexibility index (Phi) is 8.20. The molecule has 10 heteroatoms. The number of aromatic nitrogens is 2. The summed E-state index contributed by atoms with van der Waals surface area (Å²) in [5.74, 6) is -0.662. The molecule has 0 spiro atoms. The van der Waals surface area contributed by atoms with Crippen molar-refractivity contribution in [3.8, 4) is 11.4 Å². The number of nitrogens with one attached hydrogen (secondary N) is 1. The highest BCUT2D eigenvalue weighted by Crippen LogP contribution is 2.22. The van der Waals surface area contributed by atoms with Crippen LogP contribution in [0.25, 0.3) is 5.69 Å². The molecule has 1 fully saturated rings. The van der Waals surface area contributed by atoms with Gasteiger partial charge >= 0.3 is 12.1 Å². The third-order valence-electron chi connectivity index (χ3n) is 5.14. The molecule has 2 aromatic rings. The Balaban J connectivity index is 2.05. The van der Waals surface area contributed by atoms with E-state index < -0.39 is 18.0 Å². The lowest BCUT2D eigenvalue weighted by molar-refractivity contribution is 0.0516. The van der Waals surface area contributed by atoms with Gasteiger partial charge in [-0.3, -0.25) is 4.79 Å². The van der Waals surface area contributed by atoms with Crippen LogP contribution in [-0.4, -0.2) is 72.1 Å². The van der Waals surface area contributed by atoms with Gasteiger partial charge in [0.2, 0.25) is 0 Å². The molecular formula is C23H28N4O6. The second-order valence-electron chi connectivity index (χ2n) is 7.27. The van der Waals surface area contributed by atoms with Crippen LogP contribution in [0, 0.1) is 0 Å². The number of piperidine rings is 1. The zero-order valence-electron chi connectivity index (χ0n) is 18.8. The van der Waals surface area contributed by atoms with Gasteiger partial charge in [-0.05, 0) is 57.1 Å². The van der Waals surface area contributed by atoms with Crippen molar-refractivity contribution in [2.45, 2.75) is 25.8 Å².